The standard InChI is InChI=1S/C18H28N4O3S/c1-12-15(13(2)20-19-12)5-6-18(23)22-8-7-21(9-14-3-4-14)16-10-26(24,25)11-17(16)22/h14,16-17H,3-11H2,1-2H3,(H,19,20). The molecule has 2 atom stereocenters. The first-order valence-corrected chi connectivity index (χ1v) is 11.4. The molecule has 3 heterocycles. The number of hydrogen-bond acceptors (Lipinski definition) is 5. The fourth-order valence-electron chi connectivity index (χ4n) is 4.51. The second kappa shape index (κ2) is 6.64. The summed E-state index contributed by atoms with van der Waals surface area (Å²) in [7, 11) is -3.07. The number of carbonyl (C=O) groups is 1. The molecule has 0 bridgehead atoms. The Labute approximate surface area is 155 Å². The summed E-state index contributed by atoms with van der Waals surface area (Å²) in [4.78, 5) is 17.1. The number of aromatic amines is 1. The number of aromatic nitrogens is 2. The second-order valence-electron chi connectivity index (χ2n) is 8.15. The number of piperazine rings is 1. The van der Waals surface area contributed by atoms with E-state index in [1.54, 1.807) is 0 Å². The molecule has 8 heteroatoms. The van der Waals surface area contributed by atoms with E-state index in [2.05, 4.69) is 15.1 Å². The summed E-state index contributed by atoms with van der Waals surface area (Å²) in [6.45, 7) is 6.34. The van der Waals surface area contributed by atoms with Gasteiger partial charge < -0.3 is 4.90 Å². The maximum Gasteiger partial charge on any atom is 0.223 e. The molecule has 1 N–H and O–H groups in total. The van der Waals surface area contributed by atoms with Gasteiger partial charge in [0.1, 0.15) is 0 Å². The molecule has 2 unspecified atom stereocenters. The SMILES string of the molecule is Cc1n[nH]c(C)c1CCC(=O)N1CCN(CC2CC2)C2CS(=O)(=O)CC21. The van der Waals surface area contributed by atoms with Crippen molar-refractivity contribution >= 4 is 15.7 Å². The van der Waals surface area contributed by atoms with Crippen LogP contribution in [0.5, 0.6) is 0 Å². The van der Waals surface area contributed by atoms with Gasteiger partial charge in [-0.25, -0.2) is 8.42 Å². The third-order valence-corrected chi connectivity index (χ3v) is 7.87. The first-order chi connectivity index (χ1) is 12.3. The maximum atomic E-state index is 12.9. The molecule has 144 valence electrons. The minimum absolute atomic E-state index is 0.0179. The van der Waals surface area contributed by atoms with Crippen molar-refractivity contribution in [3.05, 3.63) is 17.0 Å². The van der Waals surface area contributed by atoms with Gasteiger partial charge in [-0.3, -0.25) is 14.8 Å². The highest BCUT2D eigenvalue weighted by Gasteiger charge is 2.48. The highest BCUT2D eigenvalue weighted by Crippen LogP contribution is 2.34. The molecule has 1 aliphatic carbocycles. The van der Waals surface area contributed by atoms with Gasteiger partial charge in [0.05, 0.1) is 23.2 Å². The highest BCUT2D eigenvalue weighted by molar-refractivity contribution is 7.91. The lowest BCUT2D eigenvalue weighted by Gasteiger charge is -2.44. The quantitative estimate of drug-likeness (QED) is 0.812. The van der Waals surface area contributed by atoms with Gasteiger partial charge in [-0.2, -0.15) is 5.10 Å². The molecule has 3 aliphatic rings. The zero-order valence-electron chi connectivity index (χ0n) is 15.6. The molecule has 2 aliphatic heterocycles. The molecule has 1 aromatic rings. The molecule has 0 spiro atoms. The zero-order valence-corrected chi connectivity index (χ0v) is 16.4. The molecule has 3 fully saturated rings. The van der Waals surface area contributed by atoms with Crippen molar-refractivity contribution in [2.75, 3.05) is 31.1 Å². The van der Waals surface area contributed by atoms with Crippen LogP contribution in [-0.4, -0.2) is 77.5 Å². The van der Waals surface area contributed by atoms with Gasteiger partial charge in [-0.05, 0) is 44.6 Å². The molecule has 0 radical (unpaired) electrons. The van der Waals surface area contributed by atoms with Crippen LogP contribution in [-0.2, 0) is 21.1 Å². The summed E-state index contributed by atoms with van der Waals surface area (Å²) in [6.07, 6.45) is 3.58. The number of fused-ring (bicyclic) bond motifs is 1. The Hall–Kier alpha value is -1.41. The van der Waals surface area contributed by atoms with Crippen LogP contribution in [0, 0.1) is 19.8 Å². The topological polar surface area (TPSA) is 86.4 Å². The van der Waals surface area contributed by atoms with E-state index < -0.39 is 9.84 Å². The first kappa shape index (κ1) is 18.0. The molecular formula is C18H28N4O3S. The smallest absolute Gasteiger partial charge is 0.223 e. The average molecular weight is 381 g/mol. The van der Waals surface area contributed by atoms with E-state index in [0.29, 0.717) is 19.4 Å². The predicted molar refractivity (Wildman–Crippen MR) is 98.6 cm³/mol. The Morgan fingerprint density at radius 1 is 1.19 bits per heavy atom. The summed E-state index contributed by atoms with van der Waals surface area (Å²) in [5.41, 5.74) is 3.04. The molecule has 1 saturated carbocycles. The van der Waals surface area contributed by atoms with Crippen LogP contribution in [0.4, 0.5) is 0 Å². The Morgan fingerprint density at radius 3 is 2.58 bits per heavy atom. The summed E-state index contributed by atoms with van der Waals surface area (Å²) in [6, 6.07) is -0.192. The third kappa shape index (κ3) is 3.53. The van der Waals surface area contributed by atoms with E-state index in [4.69, 9.17) is 0 Å². The molecule has 7 nitrogen and oxygen atoms in total. The normalized spacial score (nSPS) is 28.3. The van der Waals surface area contributed by atoms with Gasteiger partial charge >= 0.3 is 0 Å². The van der Waals surface area contributed by atoms with Crippen molar-refractivity contribution in [1.82, 2.24) is 20.0 Å². The minimum atomic E-state index is -3.07. The second-order valence-corrected chi connectivity index (χ2v) is 10.3. The lowest BCUT2D eigenvalue weighted by molar-refractivity contribution is -0.137. The van der Waals surface area contributed by atoms with Crippen LogP contribution < -0.4 is 0 Å². The van der Waals surface area contributed by atoms with Crippen molar-refractivity contribution in [3.8, 4) is 0 Å². The fourth-order valence-corrected chi connectivity index (χ4v) is 6.52. The number of sulfone groups is 1. The number of hydrogen-bond donors (Lipinski definition) is 1. The monoisotopic (exact) mass is 380 g/mol. The summed E-state index contributed by atoms with van der Waals surface area (Å²) < 4.78 is 24.5. The van der Waals surface area contributed by atoms with Crippen LogP contribution in [0.15, 0.2) is 0 Å². The molecular weight excluding hydrogens is 352 g/mol. The molecule has 1 amide bonds. The van der Waals surface area contributed by atoms with Crippen LogP contribution in [0.2, 0.25) is 0 Å². The van der Waals surface area contributed by atoms with Crippen molar-refractivity contribution in [1.29, 1.82) is 0 Å². The van der Waals surface area contributed by atoms with Crippen molar-refractivity contribution in [2.45, 2.75) is 51.6 Å². The highest BCUT2D eigenvalue weighted by atomic mass is 32.2. The molecule has 1 aromatic heterocycles. The van der Waals surface area contributed by atoms with E-state index in [0.717, 1.165) is 36.0 Å². The number of amides is 1. The molecule has 0 aromatic carbocycles. The Kier molecular flexibility index (Phi) is 4.59. The largest absolute Gasteiger partial charge is 0.336 e. The lowest BCUT2D eigenvalue weighted by atomic mass is 10.0. The summed E-state index contributed by atoms with van der Waals surface area (Å²) in [5.74, 6) is 1.12. The predicted octanol–water partition coefficient (Wildman–Crippen LogP) is 0.679. The fraction of sp³-hybridized carbons (Fsp3) is 0.778. The first-order valence-electron chi connectivity index (χ1n) is 9.58. The third-order valence-electron chi connectivity index (χ3n) is 6.17. The van der Waals surface area contributed by atoms with E-state index in [1.165, 1.54) is 12.8 Å². The average Bonchev–Trinajstić information content (AvgIpc) is 3.25. The van der Waals surface area contributed by atoms with Crippen LogP contribution in [0.3, 0.4) is 0 Å². The Balaban J connectivity index is 1.45. The maximum absolute atomic E-state index is 12.9. The zero-order chi connectivity index (χ0) is 18.5. The Morgan fingerprint density at radius 2 is 1.92 bits per heavy atom. The summed E-state index contributed by atoms with van der Waals surface area (Å²) >= 11 is 0. The minimum Gasteiger partial charge on any atom is -0.336 e. The van der Waals surface area contributed by atoms with E-state index in [9.17, 15) is 13.2 Å². The van der Waals surface area contributed by atoms with E-state index >= 15 is 0 Å². The van der Waals surface area contributed by atoms with Gasteiger partial charge in [-0.1, -0.05) is 0 Å². The van der Waals surface area contributed by atoms with Crippen molar-refractivity contribution < 1.29 is 13.2 Å². The number of nitrogens with zero attached hydrogens (tertiary/aromatic N) is 3. The number of nitrogens with one attached hydrogen (secondary N) is 1. The van der Waals surface area contributed by atoms with Gasteiger partial charge in [0.25, 0.3) is 0 Å². The van der Waals surface area contributed by atoms with E-state index in [-0.39, 0.29) is 29.5 Å². The number of rotatable bonds is 5. The van der Waals surface area contributed by atoms with Crippen molar-refractivity contribution in [3.63, 3.8) is 0 Å². The molecule has 2 saturated heterocycles. The summed E-state index contributed by atoms with van der Waals surface area (Å²) in [5, 5.41) is 7.14. The molecule has 26 heavy (non-hydrogen) atoms. The number of aryl methyl sites for hydroxylation is 2. The van der Waals surface area contributed by atoms with Crippen LogP contribution in [0.25, 0.3) is 0 Å². The van der Waals surface area contributed by atoms with Crippen molar-refractivity contribution in [2.24, 2.45) is 5.92 Å². The lowest BCUT2D eigenvalue weighted by Crippen LogP contribution is -2.60. The van der Waals surface area contributed by atoms with E-state index in [1.807, 2.05) is 18.7 Å². The Bertz CT molecular complexity index is 780. The number of H-pyrrole nitrogens is 1. The van der Waals surface area contributed by atoms with Gasteiger partial charge in [0, 0.05) is 37.8 Å². The molecule has 4 rings (SSSR count). The van der Waals surface area contributed by atoms with Gasteiger partial charge in [-0.15, -0.1) is 0 Å². The van der Waals surface area contributed by atoms with Gasteiger partial charge in [0.15, 0.2) is 9.84 Å². The van der Waals surface area contributed by atoms with Gasteiger partial charge in [0.2, 0.25) is 5.91 Å². The van der Waals surface area contributed by atoms with Crippen LogP contribution in [0.1, 0.15) is 36.2 Å². The number of carbonyl (C=O) groups excluding carboxylic acids is 1. The van der Waals surface area contributed by atoms with Crippen LogP contribution >= 0.6 is 0 Å².